The second-order valence-electron chi connectivity index (χ2n) is 8.04. The Morgan fingerprint density at radius 1 is 1.15 bits per heavy atom. The second-order valence-corrected chi connectivity index (χ2v) is 8.48. The Hall–Kier alpha value is -2.82. The normalized spacial score (nSPS) is 12.5. The number of aliphatic hydroxyl groups is 1. The Morgan fingerprint density at radius 2 is 1.85 bits per heavy atom. The molecule has 0 saturated carbocycles. The molecular weight excluding hydrogens is 450 g/mol. The van der Waals surface area contributed by atoms with Gasteiger partial charge in [0.25, 0.3) is 5.56 Å². The number of imidazole rings is 1. The van der Waals surface area contributed by atoms with E-state index >= 15 is 0 Å². The minimum Gasteiger partial charge on any atom is -0.491 e. The topological polar surface area (TPSA) is 113 Å². The van der Waals surface area contributed by atoms with Crippen molar-refractivity contribution in [2.24, 2.45) is 14.1 Å². The predicted octanol–water partition coefficient (Wildman–Crippen LogP) is 1.75. The van der Waals surface area contributed by atoms with Crippen molar-refractivity contribution < 1.29 is 14.6 Å². The van der Waals surface area contributed by atoms with Crippen LogP contribution in [0.5, 0.6) is 5.75 Å². The summed E-state index contributed by atoms with van der Waals surface area (Å²) in [5, 5.41) is 14.4. The molecule has 2 aromatic heterocycles. The van der Waals surface area contributed by atoms with Gasteiger partial charge < -0.3 is 24.5 Å². The zero-order valence-corrected chi connectivity index (χ0v) is 20.0. The molecule has 2 heterocycles. The molecule has 33 heavy (non-hydrogen) atoms. The van der Waals surface area contributed by atoms with Crippen molar-refractivity contribution in [3.05, 3.63) is 50.1 Å². The number of aryl methyl sites for hydroxylation is 1. The van der Waals surface area contributed by atoms with Gasteiger partial charge in [0.15, 0.2) is 11.2 Å². The third kappa shape index (κ3) is 5.95. The average Bonchev–Trinajstić information content (AvgIpc) is 3.13. The number of aliphatic hydroxyl groups excluding tert-OH is 1. The molecule has 0 aliphatic rings. The van der Waals surface area contributed by atoms with Gasteiger partial charge in [-0.2, -0.15) is 4.98 Å². The first-order valence-electron chi connectivity index (χ1n) is 10.8. The van der Waals surface area contributed by atoms with Gasteiger partial charge in [0.2, 0.25) is 5.95 Å². The number of ether oxygens (including phenoxy) is 2. The zero-order chi connectivity index (χ0) is 24.1. The van der Waals surface area contributed by atoms with E-state index in [4.69, 9.17) is 21.1 Å². The molecule has 180 valence electrons. The Labute approximate surface area is 196 Å². The predicted molar refractivity (Wildman–Crippen MR) is 127 cm³/mol. The molecule has 0 spiro atoms. The summed E-state index contributed by atoms with van der Waals surface area (Å²) in [5.41, 5.74) is -0.482. The molecule has 0 amide bonds. The summed E-state index contributed by atoms with van der Waals surface area (Å²) in [4.78, 5) is 29.7. The van der Waals surface area contributed by atoms with E-state index in [-0.39, 0.29) is 30.4 Å². The Bertz CT molecular complexity index is 1200. The van der Waals surface area contributed by atoms with Crippen molar-refractivity contribution in [1.82, 2.24) is 18.7 Å². The van der Waals surface area contributed by atoms with Crippen LogP contribution in [0, 0.1) is 0 Å². The number of fused-ring (bicyclic) bond motifs is 1. The molecular formula is C22H30ClN5O5. The first kappa shape index (κ1) is 24.8. The summed E-state index contributed by atoms with van der Waals surface area (Å²) in [6.45, 7) is 5.09. The van der Waals surface area contributed by atoms with Gasteiger partial charge in [0.05, 0.1) is 12.6 Å². The van der Waals surface area contributed by atoms with Crippen molar-refractivity contribution in [3.63, 3.8) is 0 Å². The van der Waals surface area contributed by atoms with Crippen LogP contribution in [-0.4, -0.2) is 55.8 Å². The van der Waals surface area contributed by atoms with Gasteiger partial charge in [-0.05, 0) is 44.5 Å². The van der Waals surface area contributed by atoms with Crippen molar-refractivity contribution in [1.29, 1.82) is 0 Å². The largest absolute Gasteiger partial charge is 0.491 e. The summed E-state index contributed by atoms with van der Waals surface area (Å²) in [6.07, 6.45) is -0.0756. The van der Waals surface area contributed by atoms with Crippen molar-refractivity contribution >= 4 is 28.7 Å². The fourth-order valence-corrected chi connectivity index (χ4v) is 3.46. The van der Waals surface area contributed by atoms with Crippen LogP contribution >= 0.6 is 11.6 Å². The van der Waals surface area contributed by atoms with E-state index in [2.05, 4.69) is 10.3 Å². The summed E-state index contributed by atoms with van der Waals surface area (Å²) >= 11 is 5.88. The highest BCUT2D eigenvalue weighted by Crippen LogP contribution is 2.18. The highest BCUT2D eigenvalue weighted by Gasteiger charge is 2.21. The lowest BCUT2D eigenvalue weighted by atomic mass is 10.3. The minimum absolute atomic E-state index is 0.00491. The van der Waals surface area contributed by atoms with Crippen LogP contribution in [0.4, 0.5) is 5.95 Å². The standard InChI is InChI=1S/C22H30ClN5O5/c1-14(2)32-11-5-10-24-21-25-19-18(20(30)27(4)22(31)26(19)3)28(21)12-16(29)13-33-17-8-6-15(23)7-9-17/h6-9,14,16,29H,5,10-13H2,1-4H3,(H,24,25)/t16-/m1/s1. The molecule has 1 atom stereocenters. The third-order valence-electron chi connectivity index (χ3n) is 5.05. The molecule has 1 aromatic carbocycles. The average molecular weight is 480 g/mol. The highest BCUT2D eigenvalue weighted by atomic mass is 35.5. The highest BCUT2D eigenvalue weighted by molar-refractivity contribution is 6.30. The van der Waals surface area contributed by atoms with E-state index in [9.17, 15) is 14.7 Å². The Kier molecular flexibility index (Phi) is 8.17. The molecule has 0 saturated heterocycles. The fourth-order valence-electron chi connectivity index (χ4n) is 3.34. The van der Waals surface area contributed by atoms with E-state index in [0.29, 0.717) is 29.9 Å². The maximum absolute atomic E-state index is 12.9. The number of hydrogen-bond acceptors (Lipinski definition) is 7. The lowest BCUT2D eigenvalue weighted by molar-refractivity contribution is 0.0786. The first-order chi connectivity index (χ1) is 15.7. The van der Waals surface area contributed by atoms with Gasteiger partial charge >= 0.3 is 5.69 Å². The number of anilines is 1. The SMILES string of the molecule is CC(C)OCCCNc1nc2c(c(=O)n(C)c(=O)n2C)n1C[C@@H](O)COc1ccc(Cl)cc1. The van der Waals surface area contributed by atoms with Gasteiger partial charge in [0.1, 0.15) is 18.5 Å². The molecule has 3 rings (SSSR count). The Morgan fingerprint density at radius 3 is 2.52 bits per heavy atom. The molecule has 11 heteroatoms. The summed E-state index contributed by atoms with van der Waals surface area (Å²) in [7, 11) is 2.97. The molecule has 0 aliphatic carbocycles. The van der Waals surface area contributed by atoms with E-state index < -0.39 is 17.4 Å². The van der Waals surface area contributed by atoms with Crippen LogP contribution in [-0.2, 0) is 25.4 Å². The second kappa shape index (κ2) is 10.9. The van der Waals surface area contributed by atoms with Crippen molar-refractivity contribution in [2.75, 3.05) is 25.1 Å². The smallest absolute Gasteiger partial charge is 0.332 e. The van der Waals surface area contributed by atoms with Gasteiger partial charge in [-0.15, -0.1) is 0 Å². The van der Waals surface area contributed by atoms with E-state index in [1.54, 1.807) is 35.9 Å². The number of nitrogens with zero attached hydrogens (tertiary/aromatic N) is 4. The maximum Gasteiger partial charge on any atom is 0.332 e. The number of rotatable bonds is 11. The first-order valence-corrected chi connectivity index (χ1v) is 11.1. The van der Waals surface area contributed by atoms with E-state index in [1.165, 1.54) is 11.6 Å². The number of aromatic nitrogens is 4. The molecule has 0 bridgehead atoms. The maximum atomic E-state index is 12.9. The zero-order valence-electron chi connectivity index (χ0n) is 19.2. The van der Waals surface area contributed by atoms with Gasteiger partial charge in [0, 0.05) is 32.3 Å². The van der Waals surface area contributed by atoms with E-state index in [0.717, 1.165) is 11.0 Å². The number of hydrogen-bond donors (Lipinski definition) is 2. The summed E-state index contributed by atoms with van der Waals surface area (Å²) in [6, 6.07) is 6.81. The van der Waals surface area contributed by atoms with Crippen LogP contribution in [0.25, 0.3) is 11.2 Å². The number of nitrogens with one attached hydrogen (secondary N) is 1. The molecule has 2 N–H and O–H groups in total. The molecule has 3 aromatic rings. The quantitative estimate of drug-likeness (QED) is 0.403. The van der Waals surface area contributed by atoms with Crippen molar-refractivity contribution in [2.45, 2.75) is 39.0 Å². The molecule has 0 aliphatic heterocycles. The van der Waals surface area contributed by atoms with Crippen LogP contribution in [0.15, 0.2) is 33.9 Å². The van der Waals surface area contributed by atoms with Gasteiger partial charge in [-0.1, -0.05) is 11.6 Å². The minimum atomic E-state index is -0.940. The van der Waals surface area contributed by atoms with Crippen molar-refractivity contribution in [3.8, 4) is 5.75 Å². The molecule has 0 unspecified atom stereocenters. The fraction of sp³-hybridized carbons (Fsp3) is 0.500. The van der Waals surface area contributed by atoms with Crippen LogP contribution in [0.3, 0.4) is 0 Å². The number of halogens is 1. The van der Waals surface area contributed by atoms with Gasteiger partial charge in [-0.25, -0.2) is 4.79 Å². The molecule has 10 nitrogen and oxygen atoms in total. The molecule has 0 fully saturated rings. The number of benzene rings is 1. The monoisotopic (exact) mass is 479 g/mol. The van der Waals surface area contributed by atoms with Crippen LogP contribution < -0.4 is 21.3 Å². The summed E-state index contributed by atoms with van der Waals surface area (Å²) in [5.74, 6) is 0.953. The van der Waals surface area contributed by atoms with Crippen LogP contribution in [0.2, 0.25) is 5.02 Å². The van der Waals surface area contributed by atoms with E-state index in [1.807, 2.05) is 13.8 Å². The lowest BCUT2D eigenvalue weighted by Gasteiger charge is -2.16. The van der Waals surface area contributed by atoms with Crippen LogP contribution in [0.1, 0.15) is 20.3 Å². The Balaban J connectivity index is 1.84. The lowest BCUT2D eigenvalue weighted by Crippen LogP contribution is -2.38. The van der Waals surface area contributed by atoms with Gasteiger partial charge in [-0.3, -0.25) is 13.9 Å². The summed E-state index contributed by atoms with van der Waals surface area (Å²) < 4.78 is 15.1. The molecule has 0 radical (unpaired) electrons. The third-order valence-corrected chi connectivity index (χ3v) is 5.30.